The molecule has 0 saturated carbocycles. The number of amides is 1. The van der Waals surface area contributed by atoms with Gasteiger partial charge in [-0.1, -0.05) is 13.8 Å². The summed E-state index contributed by atoms with van der Waals surface area (Å²) in [4.78, 5) is 21.4. The lowest BCUT2D eigenvalue weighted by atomic mass is 10.2. The Kier molecular flexibility index (Phi) is 5.17. The van der Waals surface area contributed by atoms with Crippen molar-refractivity contribution in [3.63, 3.8) is 0 Å². The van der Waals surface area contributed by atoms with Gasteiger partial charge < -0.3 is 10.2 Å². The van der Waals surface area contributed by atoms with Crippen LogP contribution in [0.5, 0.6) is 0 Å². The zero-order chi connectivity index (χ0) is 15.4. The molecule has 1 saturated heterocycles. The Labute approximate surface area is 127 Å². The number of nitrogens with one attached hydrogen (secondary N) is 1. The number of likely N-dealkylation sites (N-methyl/N-ethyl adjacent to an activating group) is 1. The number of likely N-dealkylation sites (tertiary alicyclic amines) is 1. The van der Waals surface area contributed by atoms with E-state index in [2.05, 4.69) is 29.0 Å². The molecule has 1 aromatic rings. The molecule has 5 heteroatoms. The molecule has 1 amide bonds. The number of anilines is 1. The molecule has 1 aliphatic rings. The third-order valence-electron chi connectivity index (χ3n) is 4.32. The predicted molar refractivity (Wildman–Crippen MR) is 85.8 cm³/mol. The summed E-state index contributed by atoms with van der Waals surface area (Å²) < 4.78 is 0. The van der Waals surface area contributed by atoms with Crippen molar-refractivity contribution in [2.75, 3.05) is 38.5 Å². The van der Waals surface area contributed by atoms with Crippen LogP contribution in [0.4, 0.5) is 5.69 Å². The fraction of sp³-hybridized carbons (Fsp3) is 0.625. The molecule has 1 unspecified atom stereocenters. The van der Waals surface area contributed by atoms with Gasteiger partial charge in [-0.15, -0.1) is 0 Å². The van der Waals surface area contributed by atoms with Crippen LogP contribution in [0.1, 0.15) is 36.3 Å². The van der Waals surface area contributed by atoms with Crippen molar-refractivity contribution >= 4 is 11.6 Å². The van der Waals surface area contributed by atoms with Gasteiger partial charge in [0.2, 0.25) is 0 Å². The lowest BCUT2D eigenvalue weighted by Gasteiger charge is -2.26. The van der Waals surface area contributed by atoms with E-state index in [1.165, 1.54) is 0 Å². The first-order chi connectivity index (χ1) is 10.1. The van der Waals surface area contributed by atoms with Crippen molar-refractivity contribution in [2.24, 2.45) is 0 Å². The highest BCUT2D eigenvalue weighted by molar-refractivity contribution is 5.99. The van der Waals surface area contributed by atoms with Crippen LogP contribution in [0.3, 0.4) is 0 Å². The highest BCUT2D eigenvalue weighted by atomic mass is 16.2. The van der Waals surface area contributed by atoms with Gasteiger partial charge in [0.25, 0.3) is 5.91 Å². The number of carbonyl (C=O) groups is 1. The maximum atomic E-state index is 12.7. The van der Waals surface area contributed by atoms with E-state index in [1.54, 1.807) is 6.20 Å². The molecule has 5 nitrogen and oxygen atoms in total. The lowest BCUT2D eigenvalue weighted by Crippen LogP contribution is -2.38. The molecule has 1 fully saturated rings. The summed E-state index contributed by atoms with van der Waals surface area (Å²) in [5.74, 6) is 0.0847. The van der Waals surface area contributed by atoms with Gasteiger partial charge in [0.05, 0.1) is 11.3 Å². The Morgan fingerprint density at radius 2 is 2.19 bits per heavy atom. The van der Waals surface area contributed by atoms with E-state index in [0.717, 1.165) is 44.0 Å². The molecule has 2 heterocycles. The van der Waals surface area contributed by atoms with Crippen LogP contribution in [0, 0.1) is 6.92 Å². The molecule has 0 aromatic carbocycles. The molecule has 2 rings (SSSR count). The lowest BCUT2D eigenvalue weighted by molar-refractivity contribution is 0.0778. The van der Waals surface area contributed by atoms with Gasteiger partial charge >= 0.3 is 0 Å². The van der Waals surface area contributed by atoms with Crippen molar-refractivity contribution in [2.45, 2.75) is 33.2 Å². The van der Waals surface area contributed by atoms with E-state index in [9.17, 15) is 4.79 Å². The fourth-order valence-electron chi connectivity index (χ4n) is 3.07. The number of carbonyl (C=O) groups excluding carboxylic acids is 1. The van der Waals surface area contributed by atoms with E-state index >= 15 is 0 Å². The standard InChI is InChI=1S/C16H26N4O/c1-5-19(6-2)13-7-8-20(11-13)16(21)14-10-18-12(3)9-15(14)17-4/h9-10,13H,5-8,11H2,1-4H3,(H,17,18). The zero-order valence-electron chi connectivity index (χ0n) is 13.5. The largest absolute Gasteiger partial charge is 0.387 e. The summed E-state index contributed by atoms with van der Waals surface area (Å²) in [6, 6.07) is 2.41. The smallest absolute Gasteiger partial charge is 0.257 e. The minimum Gasteiger partial charge on any atom is -0.387 e. The average molecular weight is 290 g/mol. The first-order valence-corrected chi connectivity index (χ1v) is 7.78. The summed E-state index contributed by atoms with van der Waals surface area (Å²) in [7, 11) is 1.84. The molecule has 1 N–H and O–H groups in total. The van der Waals surface area contributed by atoms with Crippen molar-refractivity contribution in [3.05, 3.63) is 23.5 Å². The summed E-state index contributed by atoms with van der Waals surface area (Å²) >= 11 is 0. The van der Waals surface area contributed by atoms with Gasteiger partial charge in [-0.3, -0.25) is 14.7 Å². The molecule has 1 atom stereocenters. The SMILES string of the molecule is CCN(CC)C1CCN(C(=O)c2cnc(C)cc2NC)C1. The number of aryl methyl sites for hydroxylation is 1. The van der Waals surface area contributed by atoms with Crippen LogP contribution < -0.4 is 5.32 Å². The molecule has 0 spiro atoms. The van der Waals surface area contributed by atoms with E-state index in [0.29, 0.717) is 11.6 Å². The summed E-state index contributed by atoms with van der Waals surface area (Å²) in [6.45, 7) is 10.0. The van der Waals surface area contributed by atoms with Gasteiger partial charge in [-0.05, 0) is 32.5 Å². The van der Waals surface area contributed by atoms with Crippen molar-refractivity contribution < 1.29 is 4.79 Å². The Hall–Kier alpha value is -1.62. The van der Waals surface area contributed by atoms with Gasteiger partial charge in [0, 0.05) is 38.1 Å². The number of nitrogens with zero attached hydrogens (tertiary/aromatic N) is 3. The van der Waals surface area contributed by atoms with Crippen molar-refractivity contribution in [1.29, 1.82) is 0 Å². The molecule has 0 radical (unpaired) electrons. The number of aromatic nitrogens is 1. The molecule has 21 heavy (non-hydrogen) atoms. The zero-order valence-corrected chi connectivity index (χ0v) is 13.5. The Balaban J connectivity index is 2.11. The Morgan fingerprint density at radius 1 is 1.48 bits per heavy atom. The quantitative estimate of drug-likeness (QED) is 0.901. The van der Waals surface area contributed by atoms with Gasteiger partial charge in [0.15, 0.2) is 0 Å². The van der Waals surface area contributed by atoms with Gasteiger partial charge in [-0.2, -0.15) is 0 Å². The number of hydrogen-bond acceptors (Lipinski definition) is 4. The first kappa shape index (κ1) is 15.8. The normalized spacial score (nSPS) is 18.3. The highest BCUT2D eigenvalue weighted by Gasteiger charge is 2.30. The van der Waals surface area contributed by atoms with Crippen LogP contribution in [0.25, 0.3) is 0 Å². The number of hydrogen-bond donors (Lipinski definition) is 1. The van der Waals surface area contributed by atoms with E-state index in [1.807, 2.05) is 24.9 Å². The van der Waals surface area contributed by atoms with E-state index in [4.69, 9.17) is 0 Å². The molecule has 1 aromatic heterocycles. The monoisotopic (exact) mass is 290 g/mol. The molecular weight excluding hydrogens is 264 g/mol. The van der Waals surface area contributed by atoms with Gasteiger partial charge in [0.1, 0.15) is 0 Å². The summed E-state index contributed by atoms with van der Waals surface area (Å²) in [5.41, 5.74) is 2.44. The first-order valence-electron chi connectivity index (χ1n) is 7.78. The van der Waals surface area contributed by atoms with Crippen LogP contribution in [-0.4, -0.2) is 60.0 Å². The summed E-state index contributed by atoms with van der Waals surface area (Å²) in [6.07, 6.45) is 2.75. The average Bonchev–Trinajstić information content (AvgIpc) is 2.97. The second kappa shape index (κ2) is 6.89. The third-order valence-corrected chi connectivity index (χ3v) is 4.32. The van der Waals surface area contributed by atoms with Crippen molar-refractivity contribution in [3.8, 4) is 0 Å². The highest BCUT2D eigenvalue weighted by Crippen LogP contribution is 2.22. The van der Waals surface area contributed by atoms with Gasteiger partial charge in [-0.25, -0.2) is 0 Å². The van der Waals surface area contributed by atoms with Crippen molar-refractivity contribution in [1.82, 2.24) is 14.8 Å². The Bertz CT molecular complexity index is 499. The third kappa shape index (κ3) is 3.35. The minimum absolute atomic E-state index is 0.0847. The second-order valence-corrected chi connectivity index (χ2v) is 5.54. The molecule has 1 aliphatic heterocycles. The molecule has 116 valence electrons. The van der Waals surface area contributed by atoms with Crippen LogP contribution in [-0.2, 0) is 0 Å². The Morgan fingerprint density at radius 3 is 2.81 bits per heavy atom. The maximum absolute atomic E-state index is 12.7. The van der Waals surface area contributed by atoms with Crippen LogP contribution in [0.15, 0.2) is 12.3 Å². The number of rotatable bonds is 5. The topological polar surface area (TPSA) is 48.5 Å². The van der Waals surface area contributed by atoms with E-state index < -0.39 is 0 Å². The maximum Gasteiger partial charge on any atom is 0.257 e. The molecular formula is C16H26N4O. The van der Waals surface area contributed by atoms with Crippen LogP contribution >= 0.6 is 0 Å². The molecule has 0 aliphatic carbocycles. The fourth-order valence-corrected chi connectivity index (χ4v) is 3.07. The van der Waals surface area contributed by atoms with E-state index in [-0.39, 0.29) is 5.91 Å². The molecule has 0 bridgehead atoms. The number of pyridine rings is 1. The second-order valence-electron chi connectivity index (χ2n) is 5.54. The van der Waals surface area contributed by atoms with Crippen LogP contribution in [0.2, 0.25) is 0 Å². The minimum atomic E-state index is 0.0847. The summed E-state index contributed by atoms with van der Waals surface area (Å²) in [5, 5.41) is 3.10. The predicted octanol–water partition coefficient (Wildman–Crippen LogP) is 1.99.